The van der Waals surface area contributed by atoms with Gasteiger partial charge in [-0.15, -0.1) is 11.3 Å². The summed E-state index contributed by atoms with van der Waals surface area (Å²) >= 11 is 1.23. The number of fused-ring (bicyclic) bond motifs is 2. The molecule has 4 rings (SSSR count). The molecule has 0 aliphatic carbocycles. The Morgan fingerprint density at radius 3 is 2.63 bits per heavy atom. The highest BCUT2D eigenvalue weighted by Crippen LogP contribution is 2.36. The van der Waals surface area contributed by atoms with E-state index in [4.69, 9.17) is 9.15 Å². The third-order valence-corrected chi connectivity index (χ3v) is 5.18. The van der Waals surface area contributed by atoms with Crippen LogP contribution >= 0.6 is 11.3 Å². The number of anilines is 1. The number of rotatable bonds is 3. The molecule has 0 bridgehead atoms. The smallest absolute Gasteiger partial charge is 0.349 e. The molecule has 0 unspecified atom stereocenters. The number of hydrogen-bond acceptors (Lipinski definition) is 6. The molecule has 0 aliphatic heterocycles. The number of ether oxygens (including phenoxy) is 1. The Bertz CT molecular complexity index is 1250. The van der Waals surface area contributed by atoms with Crippen LogP contribution in [0, 0.1) is 0 Å². The number of amides is 1. The van der Waals surface area contributed by atoms with E-state index in [-0.39, 0.29) is 11.1 Å². The van der Waals surface area contributed by atoms with Crippen molar-refractivity contribution in [3.8, 4) is 0 Å². The Morgan fingerprint density at radius 1 is 1.07 bits per heavy atom. The molecule has 2 aromatic carbocycles. The van der Waals surface area contributed by atoms with Gasteiger partial charge in [-0.1, -0.05) is 36.4 Å². The minimum Gasteiger partial charge on any atom is -0.465 e. The Kier molecular flexibility index (Phi) is 4.21. The fourth-order valence-corrected chi connectivity index (χ4v) is 3.91. The number of carbonyl (C=O) groups is 2. The van der Waals surface area contributed by atoms with Crippen molar-refractivity contribution in [2.75, 3.05) is 12.4 Å². The summed E-state index contributed by atoms with van der Waals surface area (Å²) in [6, 6.07) is 15.6. The fourth-order valence-electron chi connectivity index (χ4n) is 2.83. The van der Waals surface area contributed by atoms with Crippen molar-refractivity contribution in [1.82, 2.24) is 0 Å². The van der Waals surface area contributed by atoms with Gasteiger partial charge < -0.3 is 14.5 Å². The number of thiophene rings is 1. The molecule has 4 aromatic rings. The summed E-state index contributed by atoms with van der Waals surface area (Å²) in [5, 5.41) is 4.28. The number of carbonyl (C=O) groups excluding carboxylic acids is 2. The average molecular weight is 379 g/mol. The predicted octanol–water partition coefficient (Wildman–Crippen LogP) is 4.05. The van der Waals surface area contributed by atoms with Crippen LogP contribution in [0.4, 0.5) is 5.00 Å². The minimum atomic E-state index is -0.744. The number of para-hydroxylation sites is 1. The zero-order chi connectivity index (χ0) is 19.0. The average Bonchev–Trinajstić information content (AvgIpc) is 3.04. The summed E-state index contributed by atoms with van der Waals surface area (Å²) in [5.41, 5.74) is -0.221. The molecule has 0 spiro atoms. The summed E-state index contributed by atoms with van der Waals surface area (Å²) in [7, 11) is 1.28. The molecule has 0 saturated heterocycles. The monoisotopic (exact) mass is 379 g/mol. The molecule has 134 valence electrons. The molecule has 0 radical (unpaired) electrons. The SMILES string of the molecule is COC(=O)c1c(NC(=O)c2cc3ccccc3oc2=O)sc2ccccc12. The zero-order valence-electron chi connectivity index (χ0n) is 14.1. The largest absolute Gasteiger partial charge is 0.465 e. The van der Waals surface area contributed by atoms with E-state index in [0.29, 0.717) is 21.4 Å². The lowest BCUT2D eigenvalue weighted by Crippen LogP contribution is -2.21. The van der Waals surface area contributed by atoms with E-state index in [0.717, 1.165) is 4.70 Å². The van der Waals surface area contributed by atoms with Gasteiger partial charge in [0.2, 0.25) is 0 Å². The molecule has 0 fully saturated rings. The van der Waals surface area contributed by atoms with Crippen molar-refractivity contribution < 1.29 is 18.7 Å². The van der Waals surface area contributed by atoms with Gasteiger partial charge in [0.15, 0.2) is 0 Å². The molecule has 0 saturated carbocycles. The third-order valence-electron chi connectivity index (χ3n) is 4.10. The van der Waals surface area contributed by atoms with Crippen LogP contribution in [0.1, 0.15) is 20.7 Å². The summed E-state index contributed by atoms with van der Waals surface area (Å²) < 4.78 is 10.9. The van der Waals surface area contributed by atoms with Gasteiger partial charge in [0.05, 0.1) is 7.11 Å². The van der Waals surface area contributed by atoms with Gasteiger partial charge in [-0.2, -0.15) is 0 Å². The van der Waals surface area contributed by atoms with E-state index in [2.05, 4.69) is 5.32 Å². The van der Waals surface area contributed by atoms with Gasteiger partial charge in [-0.05, 0) is 18.2 Å². The molecular weight excluding hydrogens is 366 g/mol. The van der Waals surface area contributed by atoms with E-state index in [1.165, 1.54) is 24.5 Å². The fraction of sp³-hybridized carbons (Fsp3) is 0.0500. The van der Waals surface area contributed by atoms with Crippen molar-refractivity contribution >= 4 is 49.3 Å². The van der Waals surface area contributed by atoms with Crippen molar-refractivity contribution in [3.05, 3.63) is 76.1 Å². The molecule has 6 nitrogen and oxygen atoms in total. The van der Waals surface area contributed by atoms with Crippen molar-refractivity contribution in [2.45, 2.75) is 0 Å². The van der Waals surface area contributed by atoms with Gasteiger partial charge in [0.1, 0.15) is 21.7 Å². The van der Waals surface area contributed by atoms with E-state index < -0.39 is 17.5 Å². The first-order valence-electron chi connectivity index (χ1n) is 8.02. The second-order valence-electron chi connectivity index (χ2n) is 5.73. The van der Waals surface area contributed by atoms with E-state index in [9.17, 15) is 14.4 Å². The normalized spacial score (nSPS) is 10.9. The van der Waals surface area contributed by atoms with Crippen LogP contribution in [0.15, 0.2) is 63.8 Å². The highest BCUT2D eigenvalue weighted by atomic mass is 32.1. The molecule has 0 aliphatic rings. The first-order chi connectivity index (χ1) is 13.1. The van der Waals surface area contributed by atoms with Crippen molar-refractivity contribution in [2.24, 2.45) is 0 Å². The van der Waals surface area contributed by atoms with Crippen LogP contribution in [0.5, 0.6) is 0 Å². The molecule has 2 aromatic heterocycles. The zero-order valence-corrected chi connectivity index (χ0v) is 15.0. The van der Waals surface area contributed by atoms with E-state index in [1.807, 2.05) is 12.1 Å². The topological polar surface area (TPSA) is 85.6 Å². The Labute approximate surface area is 157 Å². The van der Waals surface area contributed by atoms with Crippen LogP contribution in [-0.4, -0.2) is 19.0 Å². The lowest BCUT2D eigenvalue weighted by molar-refractivity contribution is 0.0604. The van der Waals surface area contributed by atoms with Crippen LogP contribution < -0.4 is 10.9 Å². The standard InChI is InChI=1S/C20H13NO5S/c1-25-20(24)16-12-7-3-5-9-15(12)27-18(16)21-17(22)13-10-11-6-2-4-8-14(11)26-19(13)23/h2-10H,1H3,(H,21,22). The van der Waals surface area contributed by atoms with Gasteiger partial charge >= 0.3 is 11.6 Å². The van der Waals surface area contributed by atoms with Crippen LogP contribution in [-0.2, 0) is 4.74 Å². The summed E-state index contributed by atoms with van der Waals surface area (Å²) in [4.78, 5) is 37.1. The van der Waals surface area contributed by atoms with Gasteiger partial charge in [-0.25, -0.2) is 9.59 Å². The number of esters is 1. The number of methoxy groups -OCH3 is 1. The maximum atomic E-state index is 12.7. The number of benzene rings is 2. The summed E-state index contributed by atoms with van der Waals surface area (Å²) in [6.07, 6.45) is 0. The molecule has 1 amide bonds. The Morgan fingerprint density at radius 2 is 1.81 bits per heavy atom. The van der Waals surface area contributed by atoms with E-state index >= 15 is 0 Å². The van der Waals surface area contributed by atoms with Gasteiger partial charge in [-0.3, -0.25) is 4.79 Å². The second kappa shape index (κ2) is 6.69. The molecular formula is C20H13NO5S. The van der Waals surface area contributed by atoms with Crippen LogP contribution in [0.2, 0.25) is 0 Å². The molecule has 27 heavy (non-hydrogen) atoms. The quantitative estimate of drug-likeness (QED) is 0.429. The van der Waals surface area contributed by atoms with Gasteiger partial charge in [0, 0.05) is 15.5 Å². The molecule has 7 heteroatoms. The highest BCUT2D eigenvalue weighted by Gasteiger charge is 2.23. The Balaban J connectivity index is 1.78. The summed E-state index contributed by atoms with van der Waals surface area (Å²) in [5.74, 6) is -1.21. The second-order valence-corrected chi connectivity index (χ2v) is 6.79. The maximum Gasteiger partial charge on any atom is 0.349 e. The highest BCUT2D eigenvalue weighted by molar-refractivity contribution is 7.23. The lowest BCUT2D eigenvalue weighted by atomic mass is 10.1. The minimum absolute atomic E-state index is 0.137. The lowest BCUT2D eigenvalue weighted by Gasteiger charge is -2.06. The van der Waals surface area contributed by atoms with Crippen LogP contribution in [0.3, 0.4) is 0 Å². The first-order valence-corrected chi connectivity index (χ1v) is 8.84. The Hall–Kier alpha value is -3.45. The molecule has 1 N–H and O–H groups in total. The third kappa shape index (κ3) is 2.98. The summed E-state index contributed by atoms with van der Waals surface area (Å²) in [6.45, 7) is 0. The molecule has 0 atom stereocenters. The maximum absolute atomic E-state index is 12.7. The van der Waals surface area contributed by atoms with Crippen molar-refractivity contribution in [3.63, 3.8) is 0 Å². The van der Waals surface area contributed by atoms with Crippen LogP contribution in [0.25, 0.3) is 21.1 Å². The van der Waals surface area contributed by atoms with Gasteiger partial charge in [0.25, 0.3) is 5.91 Å². The molecule has 2 heterocycles. The predicted molar refractivity (Wildman–Crippen MR) is 104 cm³/mol. The first kappa shape index (κ1) is 17.0. The number of nitrogens with one attached hydrogen (secondary N) is 1. The van der Waals surface area contributed by atoms with E-state index in [1.54, 1.807) is 36.4 Å². The van der Waals surface area contributed by atoms with Crippen molar-refractivity contribution in [1.29, 1.82) is 0 Å². The number of hydrogen-bond donors (Lipinski definition) is 1.